The monoisotopic (exact) mass is 286 g/mol. The number of aliphatic hydroxyl groups is 1. The number of aliphatic carboxylic acids is 1. The third-order valence-corrected chi connectivity index (χ3v) is 3.25. The van der Waals surface area contributed by atoms with E-state index in [1.807, 2.05) is 0 Å². The van der Waals surface area contributed by atoms with Crippen LogP contribution in [0.4, 0.5) is 0 Å². The van der Waals surface area contributed by atoms with Crippen molar-refractivity contribution in [3.63, 3.8) is 0 Å². The standard InChI is InChI=1S/C13H22N2O5/c1-7(14-12(20)13(2,3)4)10(17)15-6-8(16)5-9(15)11(18)19/h7-9,16H,5-6H2,1-4H3,(H,14,20)(H,18,19)/t7?,8-,9-/m0/s1. The normalized spacial score (nSPS) is 24.4. The highest BCUT2D eigenvalue weighted by Crippen LogP contribution is 2.20. The van der Waals surface area contributed by atoms with Crippen LogP contribution < -0.4 is 5.32 Å². The van der Waals surface area contributed by atoms with Crippen molar-refractivity contribution < 1.29 is 24.6 Å². The number of hydrogen-bond donors (Lipinski definition) is 3. The molecule has 7 nitrogen and oxygen atoms in total. The maximum atomic E-state index is 12.2. The predicted octanol–water partition coefficient (Wildman–Crippen LogP) is -0.416. The van der Waals surface area contributed by atoms with Crippen LogP contribution in [0.3, 0.4) is 0 Å². The van der Waals surface area contributed by atoms with Crippen molar-refractivity contribution in [1.82, 2.24) is 10.2 Å². The van der Waals surface area contributed by atoms with Gasteiger partial charge in [-0.1, -0.05) is 20.8 Å². The number of hydrogen-bond acceptors (Lipinski definition) is 4. The number of carbonyl (C=O) groups is 3. The molecule has 1 rings (SSSR count). The summed E-state index contributed by atoms with van der Waals surface area (Å²) in [6.07, 6.45) is -0.827. The van der Waals surface area contributed by atoms with Gasteiger partial charge in [0.25, 0.3) is 0 Å². The second-order valence-electron chi connectivity index (χ2n) is 6.18. The number of carboxylic acids is 1. The van der Waals surface area contributed by atoms with Crippen LogP contribution in [0.15, 0.2) is 0 Å². The van der Waals surface area contributed by atoms with E-state index in [1.165, 1.54) is 6.92 Å². The zero-order valence-electron chi connectivity index (χ0n) is 12.2. The minimum absolute atomic E-state index is 0.0149. The first-order valence-corrected chi connectivity index (χ1v) is 6.56. The number of nitrogens with one attached hydrogen (secondary N) is 1. The number of carbonyl (C=O) groups excluding carboxylic acids is 2. The number of β-amino-alcohol motifs (C(OH)–C–C–N with tert-alkyl or cyclic N) is 1. The minimum Gasteiger partial charge on any atom is -0.480 e. The van der Waals surface area contributed by atoms with Crippen LogP contribution in [0.5, 0.6) is 0 Å². The molecule has 0 aromatic heterocycles. The van der Waals surface area contributed by atoms with Crippen molar-refractivity contribution in [2.75, 3.05) is 6.54 Å². The van der Waals surface area contributed by atoms with Gasteiger partial charge in [0, 0.05) is 18.4 Å². The van der Waals surface area contributed by atoms with E-state index in [0.29, 0.717) is 0 Å². The first-order valence-electron chi connectivity index (χ1n) is 6.56. The minimum atomic E-state index is -1.15. The van der Waals surface area contributed by atoms with E-state index in [1.54, 1.807) is 20.8 Å². The lowest BCUT2D eigenvalue weighted by Gasteiger charge is -2.27. The third kappa shape index (κ3) is 3.69. The second-order valence-corrected chi connectivity index (χ2v) is 6.18. The van der Waals surface area contributed by atoms with Gasteiger partial charge in [-0.3, -0.25) is 9.59 Å². The van der Waals surface area contributed by atoms with Crippen molar-refractivity contribution in [3.05, 3.63) is 0 Å². The molecule has 1 saturated heterocycles. The van der Waals surface area contributed by atoms with Crippen molar-refractivity contribution >= 4 is 17.8 Å². The Bertz CT molecular complexity index is 415. The molecular weight excluding hydrogens is 264 g/mol. The van der Waals surface area contributed by atoms with Crippen LogP contribution in [-0.2, 0) is 14.4 Å². The van der Waals surface area contributed by atoms with Crippen molar-refractivity contribution in [3.8, 4) is 0 Å². The molecule has 1 aliphatic heterocycles. The topological polar surface area (TPSA) is 107 Å². The van der Waals surface area contributed by atoms with Crippen LogP contribution in [0.2, 0.25) is 0 Å². The fourth-order valence-corrected chi connectivity index (χ4v) is 2.02. The smallest absolute Gasteiger partial charge is 0.326 e. The van der Waals surface area contributed by atoms with Crippen LogP contribution in [-0.4, -0.2) is 57.6 Å². The fraction of sp³-hybridized carbons (Fsp3) is 0.769. The van der Waals surface area contributed by atoms with Gasteiger partial charge in [-0.2, -0.15) is 0 Å². The van der Waals surface area contributed by atoms with Crippen LogP contribution >= 0.6 is 0 Å². The van der Waals surface area contributed by atoms with Gasteiger partial charge in [0.05, 0.1) is 6.10 Å². The first-order chi connectivity index (χ1) is 9.04. The van der Waals surface area contributed by atoms with Crippen molar-refractivity contribution in [2.45, 2.75) is 52.3 Å². The molecule has 0 saturated carbocycles. The zero-order chi connectivity index (χ0) is 15.7. The van der Waals surface area contributed by atoms with Crippen LogP contribution in [0.25, 0.3) is 0 Å². The molecule has 3 N–H and O–H groups in total. The summed E-state index contributed by atoms with van der Waals surface area (Å²) in [5.41, 5.74) is -0.634. The molecule has 1 heterocycles. The molecule has 20 heavy (non-hydrogen) atoms. The summed E-state index contributed by atoms with van der Waals surface area (Å²) in [7, 11) is 0. The summed E-state index contributed by atoms with van der Waals surface area (Å²) in [5.74, 6) is -1.93. The van der Waals surface area contributed by atoms with E-state index < -0.39 is 35.5 Å². The number of likely N-dealkylation sites (tertiary alicyclic amines) is 1. The molecule has 0 radical (unpaired) electrons. The van der Waals surface area contributed by atoms with Gasteiger partial charge < -0.3 is 20.4 Å². The summed E-state index contributed by atoms with van der Waals surface area (Å²) in [6, 6.07) is -1.86. The molecule has 114 valence electrons. The maximum Gasteiger partial charge on any atom is 0.326 e. The Morgan fingerprint density at radius 1 is 1.30 bits per heavy atom. The quantitative estimate of drug-likeness (QED) is 0.653. The zero-order valence-corrected chi connectivity index (χ0v) is 12.2. The summed E-state index contributed by atoms with van der Waals surface area (Å²) in [4.78, 5) is 36.2. The summed E-state index contributed by atoms with van der Waals surface area (Å²) in [5, 5.41) is 21.1. The van der Waals surface area contributed by atoms with E-state index in [4.69, 9.17) is 5.11 Å². The Hall–Kier alpha value is -1.63. The molecule has 7 heteroatoms. The van der Waals surface area contributed by atoms with Gasteiger partial charge in [0.1, 0.15) is 12.1 Å². The van der Waals surface area contributed by atoms with E-state index >= 15 is 0 Å². The van der Waals surface area contributed by atoms with Gasteiger partial charge in [-0.15, -0.1) is 0 Å². The first kappa shape index (κ1) is 16.4. The maximum absolute atomic E-state index is 12.2. The van der Waals surface area contributed by atoms with E-state index in [-0.39, 0.29) is 18.9 Å². The molecule has 0 aliphatic carbocycles. The Balaban J connectivity index is 2.74. The average molecular weight is 286 g/mol. The third-order valence-electron chi connectivity index (χ3n) is 3.25. The molecule has 2 amide bonds. The lowest BCUT2D eigenvalue weighted by atomic mass is 9.95. The number of aliphatic hydroxyl groups excluding tert-OH is 1. The van der Waals surface area contributed by atoms with Gasteiger partial charge >= 0.3 is 5.97 Å². The van der Waals surface area contributed by atoms with Crippen LogP contribution in [0, 0.1) is 5.41 Å². The highest BCUT2D eigenvalue weighted by molar-refractivity contribution is 5.91. The number of carboxylic acid groups (broad SMARTS) is 1. The lowest BCUT2D eigenvalue weighted by Crippen LogP contribution is -2.52. The Morgan fingerprint density at radius 3 is 2.30 bits per heavy atom. The molecule has 1 aliphatic rings. The number of amides is 2. The Labute approximate surface area is 117 Å². The molecule has 1 fully saturated rings. The van der Waals surface area contributed by atoms with Gasteiger partial charge in [-0.05, 0) is 6.92 Å². The summed E-state index contributed by atoms with van der Waals surface area (Å²) in [6.45, 7) is 6.65. The predicted molar refractivity (Wildman–Crippen MR) is 70.8 cm³/mol. The van der Waals surface area contributed by atoms with Crippen LogP contribution in [0.1, 0.15) is 34.1 Å². The molecule has 0 bridgehead atoms. The van der Waals surface area contributed by atoms with E-state index in [9.17, 15) is 19.5 Å². The molecule has 1 unspecified atom stereocenters. The second kappa shape index (κ2) is 5.78. The molecule has 0 aromatic rings. The van der Waals surface area contributed by atoms with E-state index in [0.717, 1.165) is 4.90 Å². The number of rotatable bonds is 3. The Kier molecular flexibility index (Phi) is 4.75. The Morgan fingerprint density at radius 2 is 1.85 bits per heavy atom. The molecule has 0 spiro atoms. The molecule has 0 aromatic carbocycles. The summed E-state index contributed by atoms with van der Waals surface area (Å²) >= 11 is 0. The van der Waals surface area contributed by atoms with E-state index in [2.05, 4.69) is 5.32 Å². The number of nitrogens with zero attached hydrogens (tertiary/aromatic N) is 1. The average Bonchev–Trinajstić information content (AvgIpc) is 2.69. The van der Waals surface area contributed by atoms with Gasteiger partial charge in [0.15, 0.2) is 0 Å². The van der Waals surface area contributed by atoms with Gasteiger partial charge in [0.2, 0.25) is 11.8 Å². The molecule has 3 atom stereocenters. The van der Waals surface area contributed by atoms with Gasteiger partial charge in [-0.25, -0.2) is 4.79 Å². The lowest BCUT2D eigenvalue weighted by molar-refractivity contribution is -0.149. The van der Waals surface area contributed by atoms with Crippen molar-refractivity contribution in [2.24, 2.45) is 5.41 Å². The molecular formula is C13H22N2O5. The highest BCUT2D eigenvalue weighted by atomic mass is 16.4. The summed E-state index contributed by atoms with van der Waals surface area (Å²) < 4.78 is 0. The highest BCUT2D eigenvalue weighted by Gasteiger charge is 2.40. The SMILES string of the molecule is CC(NC(=O)C(C)(C)C)C(=O)N1C[C@@H](O)C[C@H]1C(=O)O. The van der Waals surface area contributed by atoms with Crippen molar-refractivity contribution in [1.29, 1.82) is 0 Å². The largest absolute Gasteiger partial charge is 0.480 e. The fourth-order valence-electron chi connectivity index (χ4n) is 2.02.